The van der Waals surface area contributed by atoms with E-state index < -0.39 is 11.6 Å². The van der Waals surface area contributed by atoms with E-state index in [2.05, 4.69) is 25.9 Å². The maximum atomic E-state index is 12.1. The molecule has 0 radical (unpaired) electrons. The monoisotopic (exact) mass is 488 g/mol. The van der Waals surface area contributed by atoms with Crippen molar-refractivity contribution in [1.29, 1.82) is 0 Å². The summed E-state index contributed by atoms with van der Waals surface area (Å²) in [5, 5.41) is 13.7. The summed E-state index contributed by atoms with van der Waals surface area (Å²) in [6, 6.07) is 9.88. The third-order valence-electron chi connectivity index (χ3n) is 6.31. The number of benzene rings is 1. The average molecular weight is 489 g/mol. The summed E-state index contributed by atoms with van der Waals surface area (Å²) in [5.74, 6) is 0.635. The van der Waals surface area contributed by atoms with Gasteiger partial charge in [0.15, 0.2) is 5.82 Å². The fourth-order valence-corrected chi connectivity index (χ4v) is 5.50. The summed E-state index contributed by atoms with van der Waals surface area (Å²) in [4.78, 5) is 34.2. The second-order valence-electron chi connectivity index (χ2n) is 9.73. The first-order chi connectivity index (χ1) is 16.8. The number of anilines is 1. The molecule has 4 heterocycles. The minimum absolute atomic E-state index is 0.0778. The molecular formula is C26H28N6O2S. The highest BCUT2D eigenvalue weighted by Gasteiger charge is 2.36. The van der Waals surface area contributed by atoms with Gasteiger partial charge in [0.1, 0.15) is 10.7 Å². The van der Waals surface area contributed by atoms with E-state index in [4.69, 9.17) is 4.98 Å². The van der Waals surface area contributed by atoms with Crippen LogP contribution in [-0.2, 0) is 0 Å². The number of nitrogens with zero attached hydrogens (tertiary/aromatic N) is 6. The van der Waals surface area contributed by atoms with E-state index in [0.29, 0.717) is 12.4 Å². The Morgan fingerprint density at radius 3 is 2.69 bits per heavy atom. The van der Waals surface area contributed by atoms with Crippen molar-refractivity contribution in [1.82, 2.24) is 24.8 Å². The number of thiazole rings is 1. The predicted octanol–water partition coefficient (Wildman–Crippen LogP) is 5.56. The van der Waals surface area contributed by atoms with Gasteiger partial charge >= 0.3 is 6.09 Å². The molecule has 0 unspecified atom stereocenters. The summed E-state index contributed by atoms with van der Waals surface area (Å²) >= 11 is 1.55. The fourth-order valence-electron chi connectivity index (χ4n) is 4.89. The van der Waals surface area contributed by atoms with Gasteiger partial charge in [-0.05, 0) is 63.9 Å². The quantitative estimate of drug-likeness (QED) is 0.402. The molecule has 1 aliphatic rings. The van der Waals surface area contributed by atoms with Crippen molar-refractivity contribution in [3.05, 3.63) is 54.3 Å². The summed E-state index contributed by atoms with van der Waals surface area (Å²) < 4.78 is 0. The van der Waals surface area contributed by atoms with E-state index in [1.165, 1.54) is 0 Å². The Labute approximate surface area is 208 Å². The number of carboxylic acid groups (broad SMARTS) is 1. The molecule has 5 rings (SSSR count). The van der Waals surface area contributed by atoms with Crippen LogP contribution in [0.3, 0.4) is 0 Å². The van der Waals surface area contributed by atoms with E-state index >= 15 is 0 Å². The van der Waals surface area contributed by atoms with E-state index in [1.54, 1.807) is 28.6 Å². The molecule has 35 heavy (non-hydrogen) atoms. The lowest BCUT2D eigenvalue weighted by Crippen LogP contribution is -2.56. The average Bonchev–Trinajstić information content (AvgIpc) is 3.38. The molecule has 4 aromatic rings. The Morgan fingerprint density at radius 2 is 1.94 bits per heavy atom. The fraction of sp³-hybridized carbons (Fsp3) is 0.346. The topological polar surface area (TPSA) is 95.3 Å². The number of fused-ring (bicyclic) bond motifs is 1. The van der Waals surface area contributed by atoms with E-state index in [0.717, 1.165) is 52.2 Å². The van der Waals surface area contributed by atoms with Gasteiger partial charge in [-0.3, -0.25) is 9.88 Å². The summed E-state index contributed by atoms with van der Waals surface area (Å²) in [5.41, 5.74) is 3.17. The van der Waals surface area contributed by atoms with E-state index in [-0.39, 0.29) is 6.04 Å². The van der Waals surface area contributed by atoms with Crippen molar-refractivity contribution in [2.24, 2.45) is 0 Å². The normalized spacial score (nSPS) is 16.4. The van der Waals surface area contributed by atoms with Crippen molar-refractivity contribution in [3.63, 3.8) is 0 Å². The van der Waals surface area contributed by atoms with Gasteiger partial charge < -0.3 is 10.0 Å². The lowest BCUT2D eigenvalue weighted by atomic mass is 9.97. The second kappa shape index (κ2) is 9.22. The van der Waals surface area contributed by atoms with Gasteiger partial charge in [-0.15, -0.1) is 11.3 Å². The molecule has 3 aromatic heterocycles. The van der Waals surface area contributed by atoms with Crippen LogP contribution < -0.4 is 4.90 Å². The number of pyridine rings is 1. The molecule has 1 aromatic carbocycles. The molecule has 0 aliphatic carbocycles. The first kappa shape index (κ1) is 23.2. The zero-order chi connectivity index (χ0) is 24.6. The van der Waals surface area contributed by atoms with Crippen molar-refractivity contribution in [2.75, 3.05) is 18.0 Å². The molecule has 180 valence electrons. The summed E-state index contributed by atoms with van der Waals surface area (Å²) in [6.45, 7) is 7.37. The number of hydrogen-bond donors (Lipinski definition) is 1. The SMILES string of the molecule is CC(C)(C)N(C(=O)O)[C@H]1CCCN(c2ccnc3ccc(-c4nccc(-c5nccs5)n4)cc23)C1. The Kier molecular flexibility index (Phi) is 6.10. The van der Waals surface area contributed by atoms with Gasteiger partial charge in [-0.25, -0.2) is 19.7 Å². The van der Waals surface area contributed by atoms with Crippen LogP contribution in [0.25, 0.3) is 33.0 Å². The van der Waals surface area contributed by atoms with Gasteiger partial charge in [0.05, 0.1) is 11.6 Å². The maximum absolute atomic E-state index is 12.1. The minimum Gasteiger partial charge on any atom is -0.465 e. The highest BCUT2D eigenvalue weighted by Crippen LogP contribution is 2.33. The highest BCUT2D eigenvalue weighted by molar-refractivity contribution is 7.13. The second-order valence-corrected chi connectivity index (χ2v) is 10.6. The van der Waals surface area contributed by atoms with Gasteiger partial charge in [0, 0.05) is 59.2 Å². The number of aromatic nitrogens is 4. The highest BCUT2D eigenvalue weighted by atomic mass is 32.1. The van der Waals surface area contributed by atoms with Gasteiger partial charge in [0.2, 0.25) is 0 Å². The molecule has 1 amide bonds. The van der Waals surface area contributed by atoms with Crippen LogP contribution >= 0.6 is 11.3 Å². The van der Waals surface area contributed by atoms with Crippen LogP contribution in [0, 0.1) is 0 Å². The Bertz CT molecular complexity index is 1350. The maximum Gasteiger partial charge on any atom is 0.408 e. The van der Waals surface area contributed by atoms with Crippen LogP contribution in [-0.4, -0.2) is 60.7 Å². The molecular weight excluding hydrogens is 460 g/mol. The molecule has 1 aliphatic heterocycles. The van der Waals surface area contributed by atoms with Gasteiger partial charge in [-0.1, -0.05) is 0 Å². The number of piperidine rings is 1. The molecule has 8 nitrogen and oxygen atoms in total. The van der Waals surface area contributed by atoms with E-state index in [9.17, 15) is 9.90 Å². The summed E-state index contributed by atoms with van der Waals surface area (Å²) in [7, 11) is 0. The minimum atomic E-state index is -0.872. The van der Waals surface area contributed by atoms with Crippen LogP contribution in [0.4, 0.5) is 10.5 Å². The number of hydrogen-bond acceptors (Lipinski definition) is 7. The molecule has 9 heteroatoms. The lowest BCUT2D eigenvalue weighted by molar-refractivity contribution is 0.0648. The van der Waals surface area contributed by atoms with Crippen LogP contribution in [0.2, 0.25) is 0 Å². The molecule has 1 atom stereocenters. The number of amides is 1. The Morgan fingerprint density at radius 1 is 1.11 bits per heavy atom. The molecule has 1 saturated heterocycles. The van der Waals surface area contributed by atoms with E-state index in [1.807, 2.05) is 56.6 Å². The zero-order valence-corrected chi connectivity index (χ0v) is 20.9. The zero-order valence-electron chi connectivity index (χ0n) is 20.0. The molecule has 1 fully saturated rings. The van der Waals surface area contributed by atoms with Crippen molar-refractivity contribution >= 4 is 34.0 Å². The smallest absolute Gasteiger partial charge is 0.408 e. The van der Waals surface area contributed by atoms with Crippen LogP contribution in [0.15, 0.2) is 54.3 Å². The number of carbonyl (C=O) groups is 1. The van der Waals surface area contributed by atoms with Crippen molar-refractivity contribution in [3.8, 4) is 22.1 Å². The van der Waals surface area contributed by atoms with Gasteiger partial charge in [-0.2, -0.15) is 0 Å². The standard InChI is InChI=1S/C26H28N6O2S/c1-26(2,3)32(25(33)34)18-5-4-13-31(16-18)22-9-11-27-20-7-6-17(15-19(20)22)23-28-10-8-21(30-23)24-29-12-14-35-24/h6-12,14-15,18H,4-5,13,16H2,1-3H3,(H,33,34)/t18-/m0/s1. The number of rotatable bonds is 4. The molecule has 0 spiro atoms. The van der Waals surface area contributed by atoms with Crippen LogP contribution in [0.5, 0.6) is 0 Å². The van der Waals surface area contributed by atoms with Crippen molar-refractivity contribution < 1.29 is 9.90 Å². The largest absolute Gasteiger partial charge is 0.465 e. The Hall–Kier alpha value is -3.59. The van der Waals surface area contributed by atoms with Crippen molar-refractivity contribution in [2.45, 2.75) is 45.2 Å². The van der Waals surface area contributed by atoms with Crippen LogP contribution in [0.1, 0.15) is 33.6 Å². The molecule has 0 bridgehead atoms. The first-order valence-electron chi connectivity index (χ1n) is 11.7. The third-order valence-corrected chi connectivity index (χ3v) is 7.11. The molecule has 0 saturated carbocycles. The molecule has 1 N–H and O–H groups in total. The van der Waals surface area contributed by atoms with Gasteiger partial charge in [0.25, 0.3) is 0 Å². The summed E-state index contributed by atoms with van der Waals surface area (Å²) in [6.07, 6.45) is 6.25. The lowest BCUT2D eigenvalue weighted by Gasteiger charge is -2.45. The Balaban J connectivity index is 1.51. The third kappa shape index (κ3) is 4.68. The first-order valence-corrected chi connectivity index (χ1v) is 12.6. The predicted molar refractivity (Wildman–Crippen MR) is 139 cm³/mol.